The lowest BCUT2D eigenvalue weighted by Gasteiger charge is -2.17. The maximum atomic E-state index is 13.6. The molecule has 150 valence electrons. The van der Waals surface area contributed by atoms with E-state index < -0.39 is 38.9 Å². The average molecular weight is 447 g/mol. The van der Waals surface area contributed by atoms with Gasteiger partial charge in [0, 0.05) is 0 Å². The maximum Gasteiger partial charge on any atom is 0.309 e. The summed E-state index contributed by atoms with van der Waals surface area (Å²) < 4.78 is 45.1. The maximum absolute atomic E-state index is 13.6. The first kappa shape index (κ1) is 21.0. The molecule has 1 N–H and O–H groups in total. The molecule has 0 heterocycles. The second-order valence-electron chi connectivity index (χ2n) is 6.61. The Morgan fingerprint density at radius 2 is 1.86 bits per heavy atom. The molecule has 2 aromatic carbocycles. The van der Waals surface area contributed by atoms with Crippen LogP contribution in [0.5, 0.6) is 0 Å². The highest BCUT2D eigenvalue weighted by Gasteiger charge is 2.45. The minimum absolute atomic E-state index is 0.0145. The Bertz CT molecular complexity index is 996. The van der Waals surface area contributed by atoms with Crippen molar-refractivity contribution in [1.29, 1.82) is 0 Å². The van der Waals surface area contributed by atoms with Gasteiger partial charge in [-0.1, -0.05) is 41.4 Å². The highest BCUT2D eigenvalue weighted by molar-refractivity contribution is 7.92. The monoisotopic (exact) mass is 446 g/mol. The molecule has 0 saturated heterocycles. The second kappa shape index (κ2) is 8.37. The van der Waals surface area contributed by atoms with Gasteiger partial charge in [-0.25, -0.2) is 12.8 Å². The highest BCUT2D eigenvalue weighted by atomic mass is 35.5. The minimum Gasteiger partial charge on any atom is -0.481 e. The molecule has 1 aliphatic rings. The molecule has 0 spiro atoms. The van der Waals surface area contributed by atoms with Gasteiger partial charge < -0.3 is 9.84 Å². The van der Waals surface area contributed by atoms with Gasteiger partial charge in [0.1, 0.15) is 5.82 Å². The van der Waals surface area contributed by atoms with Crippen molar-refractivity contribution in [3.8, 4) is 0 Å². The summed E-state index contributed by atoms with van der Waals surface area (Å²) in [5.41, 5.74) is 0.475. The number of benzene rings is 2. The number of ether oxygens (including phenoxy) is 1. The number of carbonyl (C=O) groups is 1. The van der Waals surface area contributed by atoms with Gasteiger partial charge in [0.15, 0.2) is 9.84 Å². The van der Waals surface area contributed by atoms with Gasteiger partial charge in [-0.15, -0.1) is 0 Å². The fourth-order valence-corrected chi connectivity index (χ4v) is 5.79. The lowest BCUT2D eigenvalue weighted by Crippen LogP contribution is -2.25. The molecule has 0 radical (unpaired) electrons. The van der Waals surface area contributed by atoms with Crippen LogP contribution in [0.2, 0.25) is 10.0 Å². The lowest BCUT2D eigenvalue weighted by atomic mass is 10.1. The fraction of sp³-hybridized carbons (Fsp3) is 0.316. The minimum atomic E-state index is -3.82. The predicted molar refractivity (Wildman–Crippen MR) is 103 cm³/mol. The van der Waals surface area contributed by atoms with Gasteiger partial charge in [-0.3, -0.25) is 4.79 Å². The molecule has 1 fully saturated rings. The second-order valence-corrected chi connectivity index (χ2v) is 9.62. The Labute approximate surface area is 172 Å². The molecule has 0 amide bonds. The SMILES string of the molecule is O=C(O)[C@H]1C[C@H](S(=O)(=O)c2ccccc2Cl)C[C@@H]1OCc1ccc(Cl)c(F)c1. The van der Waals surface area contributed by atoms with E-state index in [1.54, 1.807) is 18.2 Å². The zero-order valence-corrected chi connectivity index (χ0v) is 16.8. The van der Waals surface area contributed by atoms with E-state index in [1.807, 2.05) is 0 Å². The molecule has 0 aliphatic heterocycles. The third-order valence-electron chi connectivity index (χ3n) is 4.81. The molecule has 2 aromatic rings. The number of hydrogen-bond donors (Lipinski definition) is 1. The summed E-state index contributed by atoms with van der Waals surface area (Å²) in [5.74, 6) is -2.73. The molecule has 0 aromatic heterocycles. The Kier molecular flexibility index (Phi) is 6.29. The van der Waals surface area contributed by atoms with E-state index in [1.165, 1.54) is 24.3 Å². The first-order chi connectivity index (χ1) is 13.2. The average Bonchev–Trinajstić information content (AvgIpc) is 3.08. The van der Waals surface area contributed by atoms with Crippen LogP contribution in [0.4, 0.5) is 4.39 Å². The van der Waals surface area contributed by atoms with Gasteiger partial charge in [-0.05, 0) is 42.7 Å². The summed E-state index contributed by atoms with van der Waals surface area (Å²) in [5, 5.41) is 8.63. The van der Waals surface area contributed by atoms with Crippen LogP contribution in [0.1, 0.15) is 18.4 Å². The van der Waals surface area contributed by atoms with E-state index in [0.717, 1.165) is 0 Å². The van der Waals surface area contributed by atoms with Gasteiger partial charge in [0.2, 0.25) is 0 Å². The third kappa shape index (κ3) is 4.33. The lowest BCUT2D eigenvalue weighted by molar-refractivity contribution is -0.146. The van der Waals surface area contributed by atoms with Crippen molar-refractivity contribution < 1.29 is 27.4 Å². The van der Waals surface area contributed by atoms with Crippen molar-refractivity contribution in [3.63, 3.8) is 0 Å². The van der Waals surface area contributed by atoms with E-state index in [4.69, 9.17) is 27.9 Å². The highest BCUT2D eigenvalue weighted by Crippen LogP contribution is 2.38. The first-order valence-corrected chi connectivity index (χ1v) is 10.8. The Balaban J connectivity index is 1.78. The topological polar surface area (TPSA) is 80.7 Å². The van der Waals surface area contributed by atoms with Crippen molar-refractivity contribution >= 4 is 39.0 Å². The molecule has 3 rings (SSSR count). The van der Waals surface area contributed by atoms with Crippen LogP contribution in [-0.4, -0.2) is 30.8 Å². The molecule has 5 nitrogen and oxygen atoms in total. The number of carboxylic acid groups (broad SMARTS) is 1. The normalized spacial score (nSPS) is 22.3. The van der Waals surface area contributed by atoms with Crippen LogP contribution < -0.4 is 0 Å². The van der Waals surface area contributed by atoms with Crippen LogP contribution in [0.3, 0.4) is 0 Å². The zero-order chi connectivity index (χ0) is 20.5. The molecule has 1 aliphatic carbocycles. The van der Waals surface area contributed by atoms with Crippen LogP contribution in [0, 0.1) is 11.7 Å². The third-order valence-corrected chi connectivity index (χ3v) is 7.79. The molecule has 3 atom stereocenters. The molecule has 0 bridgehead atoms. The predicted octanol–water partition coefficient (Wildman–Crippen LogP) is 4.35. The van der Waals surface area contributed by atoms with E-state index in [0.29, 0.717) is 5.56 Å². The van der Waals surface area contributed by atoms with Crippen LogP contribution >= 0.6 is 23.2 Å². The number of carboxylic acids is 1. The van der Waals surface area contributed by atoms with Gasteiger partial charge in [0.05, 0.1) is 38.8 Å². The van der Waals surface area contributed by atoms with Crippen molar-refractivity contribution in [3.05, 3.63) is 63.9 Å². The summed E-state index contributed by atoms with van der Waals surface area (Å²) >= 11 is 11.7. The molecule has 0 unspecified atom stereocenters. The summed E-state index contributed by atoms with van der Waals surface area (Å²) in [6.07, 6.45) is -0.887. The Morgan fingerprint density at radius 1 is 1.14 bits per heavy atom. The largest absolute Gasteiger partial charge is 0.481 e. The quantitative estimate of drug-likeness (QED) is 0.712. The van der Waals surface area contributed by atoms with E-state index in [-0.39, 0.29) is 34.4 Å². The standard InChI is InChI=1S/C19H17Cl2FO5S/c20-14-6-5-11(7-16(14)22)10-27-17-9-12(8-13(17)19(23)24)28(25,26)18-4-2-1-3-15(18)21/h1-7,12-13,17H,8-10H2,(H,23,24)/t12-,13-,17-/m0/s1. The molecular formula is C19H17Cl2FO5S. The molecule has 28 heavy (non-hydrogen) atoms. The van der Waals surface area contributed by atoms with Crippen LogP contribution in [-0.2, 0) is 26.0 Å². The van der Waals surface area contributed by atoms with Crippen molar-refractivity contribution in [2.45, 2.75) is 35.7 Å². The summed E-state index contributed by atoms with van der Waals surface area (Å²) in [6, 6.07) is 10.2. The molecular weight excluding hydrogens is 430 g/mol. The van der Waals surface area contributed by atoms with Crippen molar-refractivity contribution in [2.24, 2.45) is 5.92 Å². The number of hydrogen-bond acceptors (Lipinski definition) is 4. The van der Waals surface area contributed by atoms with Crippen LogP contribution in [0.15, 0.2) is 47.4 Å². The first-order valence-electron chi connectivity index (χ1n) is 8.47. The fourth-order valence-electron chi connectivity index (χ4n) is 3.34. The molecule has 9 heteroatoms. The number of sulfone groups is 1. The van der Waals surface area contributed by atoms with Gasteiger partial charge >= 0.3 is 5.97 Å². The summed E-state index contributed by atoms with van der Waals surface area (Å²) in [7, 11) is -3.82. The Morgan fingerprint density at radius 3 is 2.50 bits per heavy atom. The van der Waals surface area contributed by atoms with Crippen LogP contribution in [0.25, 0.3) is 0 Å². The summed E-state index contributed by atoms with van der Waals surface area (Å²) in [4.78, 5) is 11.6. The smallest absolute Gasteiger partial charge is 0.309 e. The van der Waals surface area contributed by atoms with Gasteiger partial charge in [-0.2, -0.15) is 0 Å². The van der Waals surface area contributed by atoms with E-state index >= 15 is 0 Å². The van der Waals surface area contributed by atoms with E-state index in [9.17, 15) is 22.7 Å². The number of rotatable bonds is 6. The Hall–Kier alpha value is -1.67. The zero-order valence-electron chi connectivity index (χ0n) is 14.5. The summed E-state index contributed by atoms with van der Waals surface area (Å²) in [6.45, 7) is -0.0542. The molecule has 1 saturated carbocycles. The van der Waals surface area contributed by atoms with E-state index in [2.05, 4.69) is 0 Å². The van der Waals surface area contributed by atoms with Gasteiger partial charge in [0.25, 0.3) is 0 Å². The number of aliphatic carboxylic acids is 1. The van der Waals surface area contributed by atoms with Crippen molar-refractivity contribution in [2.75, 3.05) is 0 Å². The van der Waals surface area contributed by atoms with Crippen molar-refractivity contribution in [1.82, 2.24) is 0 Å². The number of halogens is 3.